The molecule has 3 nitrogen and oxygen atoms in total. The van der Waals surface area contributed by atoms with Crippen molar-refractivity contribution in [1.82, 2.24) is 0 Å². The van der Waals surface area contributed by atoms with Gasteiger partial charge in [0.15, 0.2) is 0 Å². The fraction of sp³-hybridized carbons (Fsp3) is 0.588. The average Bonchev–Trinajstić information content (AvgIpc) is 2.51. The Morgan fingerprint density at radius 3 is 1.70 bits per heavy atom. The second-order valence-electron chi connectivity index (χ2n) is 3.77. The molecule has 20 heavy (non-hydrogen) atoms. The van der Waals surface area contributed by atoms with Gasteiger partial charge in [-0.3, -0.25) is 4.79 Å². The Kier molecular flexibility index (Phi) is 27.0. The van der Waals surface area contributed by atoms with Crippen LogP contribution in [0.15, 0.2) is 30.3 Å². The first-order chi connectivity index (χ1) is 9.62. The third kappa shape index (κ3) is 25.5. The van der Waals surface area contributed by atoms with Gasteiger partial charge in [-0.15, -0.1) is 0 Å². The van der Waals surface area contributed by atoms with Crippen LogP contribution in [0.25, 0.3) is 0 Å². The standard InChI is InChI=1S/C8H11N.C4H10.C3H6O2.C2H6/c9-7-6-8-4-2-1-3-5-8;1-3-4-2;1-2-3(4)5;1-2/h1-5H,6-7,9H2;3-4H2,1-2H3;2H2,1H3,(H,4,5);1-2H3. The molecule has 0 heterocycles. The van der Waals surface area contributed by atoms with Gasteiger partial charge in [-0.2, -0.15) is 0 Å². The highest BCUT2D eigenvalue weighted by Gasteiger charge is 1.84. The van der Waals surface area contributed by atoms with Gasteiger partial charge in [0.2, 0.25) is 0 Å². The van der Waals surface area contributed by atoms with E-state index in [1.54, 1.807) is 6.92 Å². The molecule has 0 radical (unpaired) electrons. The zero-order valence-corrected chi connectivity index (χ0v) is 13.9. The van der Waals surface area contributed by atoms with Crippen LogP contribution >= 0.6 is 0 Å². The average molecular weight is 283 g/mol. The molecule has 0 saturated carbocycles. The third-order valence-electron chi connectivity index (χ3n) is 2.08. The van der Waals surface area contributed by atoms with Crippen molar-refractivity contribution < 1.29 is 9.90 Å². The number of aliphatic carboxylic acids is 1. The molecule has 0 amide bonds. The Hall–Kier alpha value is -1.35. The number of hydrogen-bond donors (Lipinski definition) is 2. The number of unbranched alkanes of at least 4 members (excludes halogenated alkanes) is 1. The largest absolute Gasteiger partial charge is 0.481 e. The lowest BCUT2D eigenvalue weighted by Crippen LogP contribution is -2.01. The van der Waals surface area contributed by atoms with E-state index in [0.717, 1.165) is 13.0 Å². The number of nitrogens with two attached hydrogens (primary N) is 1. The zero-order chi connectivity index (χ0) is 16.2. The quantitative estimate of drug-likeness (QED) is 0.855. The van der Waals surface area contributed by atoms with Crippen LogP contribution in [0.1, 0.15) is 59.4 Å². The smallest absolute Gasteiger partial charge is 0.303 e. The maximum Gasteiger partial charge on any atom is 0.303 e. The van der Waals surface area contributed by atoms with Gasteiger partial charge in [0, 0.05) is 6.42 Å². The minimum absolute atomic E-state index is 0.222. The van der Waals surface area contributed by atoms with Gasteiger partial charge >= 0.3 is 5.97 Å². The molecule has 1 rings (SSSR count). The van der Waals surface area contributed by atoms with E-state index in [-0.39, 0.29) is 6.42 Å². The summed E-state index contributed by atoms with van der Waals surface area (Å²) in [5.41, 5.74) is 6.68. The molecule has 0 fully saturated rings. The van der Waals surface area contributed by atoms with Crippen molar-refractivity contribution in [1.29, 1.82) is 0 Å². The van der Waals surface area contributed by atoms with Gasteiger partial charge in [-0.05, 0) is 18.5 Å². The lowest BCUT2D eigenvalue weighted by atomic mass is 10.2. The second-order valence-corrected chi connectivity index (χ2v) is 3.77. The summed E-state index contributed by atoms with van der Waals surface area (Å²) in [6.45, 7) is 10.7. The van der Waals surface area contributed by atoms with Gasteiger partial charge in [-0.25, -0.2) is 0 Å². The van der Waals surface area contributed by atoms with Crippen LogP contribution in [0.2, 0.25) is 0 Å². The molecule has 0 bridgehead atoms. The molecule has 118 valence electrons. The zero-order valence-electron chi connectivity index (χ0n) is 13.9. The Morgan fingerprint density at radius 1 is 1.05 bits per heavy atom. The minimum Gasteiger partial charge on any atom is -0.481 e. The lowest BCUT2D eigenvalue weighted by molar-refractivity contribution is -0.136. The second kappa shape index (κ2) is 22.8. The maximum absolute atomic E-state index is 9.37. The molecule has 1 aromatic rings. The van der Waals surface area contributed by atoms with Crippen LogP contribution in [0.5, 0.6) is 0 Å². The van der Waals surface area contributed by atoms with Gasteiger partial charge < -0.3 is 10.8 Å². The van der Waals surface area contributed by atoms with Gasteiger partial charge in [0.1, 0.15) is 0 Å². The van der Waals surface area contributed by atoms with E-state index in [4.69, 9.17) is 10.8 Å². The van der Waals surface area contributed by atoms with Crippen LogP contribution < -0.4 is 5.73 Å². The van der Waals surface area contributed by atoms with E-state index < -0.39 is 5.97 Å². The first kappa shape index (κ1) is 23.7. The molecule has 0 aliphatic rings. The number of carboxylic acids is 1. The van der Waals surface area contributed by atoms with Gasteiger partial charge in [-0.1, -0.05) is 77.8 Å². The summed E-state index contributed by atoms with van der Waals surface area (Å²) in [5.74, 6) is -0.745. The first-order valence-electron chi connectivity index (χ1n) is 7.58. The molecule has 0 saturated heterocycles. The van der Waals surface area contributed by atoms with Crippen LogP contribution in [-0.4, -0.2) is 17.6 Å². The van der Waals surface area contributed by atoms with E-state index in [1.165, 1.54) is 18.4 Å². The first-order valence-corrected chi connectivity index (χ1v) is 7.58. The van der Waals surface area contributed by atoms with Crippen LogP contribution in [0.4, 0.5) is 0 Å². The van der Waals surface area contributed by atoms with Crippen LogP contribution in [0.3, 0.4) is 0 Å². The summed E-state index contributed by atoms with van der Waals surface area (Å²) in [6, 6.07) is 10.3. The third-order valence-corrected chi connectivity index (χ3v) is 2.08. The molecular formula is C17H33NO2. The SMILES string of the molecule is CC.CCC(=O)O.CCCC.NCCc1ccccc1. The Balaban J connectivity index is -0.000000226. The monoisotopic (exact) mass is 283 g/mol. The highest BCUT2D eigenvalue weighted by atomic mass is 16.4. The topological polar surface area (TPSA) is 63.3 Å². The van der Waals surface area contributed by atoms with Crippen LogP contribution in [-0.2, 0) is 11.2 Å². The molecule has 0 aromatic heterocycles. The molecule has 1 aromatic carbocycles. The van der Waals surface area contributed by atoms with Crippen LogP contribution in [0, 0.1) is 0 Å². The normalized spacial score (nSPS) is 7.90. The van der Waals surface area contributed by atoms with E-state index in [2.05, 4.69) is 26.0 Å². The number of benzene rings is 1. The number of carbonyl (C=O) groups is 1. The van der Waals surface area contributed by atoms with E-state index in [9.17, 15) is 4.79 Å². The fourth-order valence-electron chi connectivity index (χ4n) is 0.811. The maximum atomic E-state index is 9.37. The Labute approximate surface area is 125 Å². The van der Waals surface area contributed by atoms with Crippen molar-refractivity contribution in [3.8, 4) is 0 Å². The predicted octanol–water partition coefficient (Wildman–Crippen LogP) is 4.50. The summed E-state index contributed by atoms with van der Waals surface area (Å²) in [6.07, 6.45) is 3.85. The highest BCUT2D eigenvalue weighted by Crippen LogP contribution is 1.96. The Bertz CT molecular complexity index is 272. The molecular weight excluding hydrogens is 250 g/mol. The molecule has 0 unspecified atom stereocenters. The van der Waals surface area contributed by atoms with E-state index in [0.29, 0.717) is 0 Å². The summed E-state index contributed by atoms with van der Waals surface area (Å²) in [7, 11) is 0. The van der Waals surface area contributed by atoms with Crippen molar-refractivity contribution in [3.05, 3.63) is 35.9 Å². The van der Waals surface area contributed by atoms with Crippen molar-refractivity contribution in [2.45, 2.75) is 60.3 Å². The summed E-state index contributed by atoms with van der Waals surface area (Å²) in [5, 5.41) is 7.72. The summed E-state index contributed by atoms with van der Waals surface area (Å²) in [4.78, 5) is 9.37. The number of hydrogen-bond acceptors (Lipinski definition) is 2. The molecule has 0 aliphatic carbocycles. The molecule has 0 atom stereocenters. The highest BCUT2D eigenvalue weighted by molar-refractivity contribution is 5.66. The summed E-state index contributed by atoms with van der Waals surface area (Å²) < 4.78 is 0. The van der Waals surface area contributed by atoms with Crippen molar-refractivity contribution in [3.63, 3.8) is 0 Å². The van der Waals surface area contributed by atoms with Crippen molar-refractivity contribution in [2.75, 3.05) is 6.54 Å². The predicted molar refractivity (Wildman–Crippen MR) is 89.1 cm³/mol. The molecule has 3 N–H and O–H groups in total. The van der Waals surface area contributed by atoms with E-state index in [1.807, 2.05) is 32.0 Å². The minimum atomic E-state index is -0.745. The number of rotatable bonds is 4. The Morgan fingerprint density at radius 2 is 1.45 bits per heavy atom. The van der Waals surface area contributed by atoms with Gasteiger partial charge in [0.05, 0.1) is 0 Å². The van der Waals surface area contributed by atoms with Crippen molar-refractivity contribution in [2.24, 2.45) is 5.73 Å². The molecule has 0 aliphatic heterocycles. The number of carboxylic acid groups (broad SMARTS) is 1. The summed E-state index contributed by atoms with van der Waals surface area (Å²) >= 11 is 0. The fourth-order valence-corrected chi connectivity index (χ4v) is 0.811. The lowest BCUT2D eigenvalue weighted by Gasteiger charge is -1.93. The van der Waals surface area contributed by atoms with Gasteiger partial charge in [0.25, 0.3) is 0 Å². The molecule has 0 spiro atoms. The molecule has 3 heteroatoms. The van der Waals surface area contributed by atoms with Crippen molar-refractivity contribution >= 4 is 5.97 Å². The van der Waals surface area contributed by atoms with E-state index >= 15 is 0 Å².